The molecule has 2 aromatic carbocycles. The van der Waals surface area contributed by atoms with Crippen molar-refractivity contribution in [3.63, 3.8) is 0 Å². The molecule has 0 spiro atoms. The molecule has 1 unspecified atom stereocenters. The molecule has 152 valence electrons. The van der Waals surface area contributed by atoms with Crippen molar-refractivity contribution in [3.05, 3.63) is 75.8 Å². The molecule has 0 saturated carbocycles. The molecular weight excluding hydrogens is 378 g/mol. The van der Waals surface area contributed by atoms with Crippen molar-refractivity contribution >= 4 is 23.5 Å². The van der Waals surface area contributed by atoms with Gasteiger partial charge in [0, 0.05) is 12.5 Å². The summed E-state index contributed by atoms with van der Waals surface area (Å²) in [5, 5.41) is 16.1. The zero-order valence-corrected chi connectivity index (χ0v) is 15.8. The van der Waals surface area contributed by atoms with Gasteiger partial charge in [-0.25, -0.2) is 0 Å². The summed E-state index contributed by atoms with van der Waals surface area (Å²) in [5.41, 5.74) is 0.246. The number of ether oxygens (including phenoxy) is 1. The third-order valence-electron chi connectivity index (χ3n) is 3.96. The third kappa shape index (κ3) is 6.42. The van der Waals surface area contributed by atoms with Crippen LogP contribution in [0.4, 0.5) is 5.69 Å². The number of amides is 2. The SMILES string of the molecule is CCOC(=O)CNC(=O)C(Cc1ccccc1)NC(=O)c1ccccc1[N+](=O)[O-]. The molecule has 0 aliphatic heterocycles. The first-order valence-corrected chi connectivity index (χ1v) is 8.94. The predicted octanol–water partition coefficient (Wildman–Crippen LogP) is 1.62. The van der Waals surface area contributed by atoms with Crippen LogP contribution in [0.15, 0.2) is 54.6 Å². The van der Waals surface area contributed by atoms with Crippen LogP contribution in [0.1, 0.15) is 22.8 Å². The molecule has 1 atom stereocenters. The van der Waals surface area contributed by atoms with Crippen LogP contribution in [0.2, 0.25) is 0 Å². The minimum atomic E-state index is -1.04. The van der Waals surface area contributed by atoms with Crippen LogP contribution >= 0.6 is 0 Å². The molecule has 0 aromatic heterocycles. The van der Waals surface area contributed by atoms with E-state index in [-0.39, 0.29) is 30.8 Å². The maximum atomic E-state index is 12.6. The number of carbonyl (C=O) groups is 3. The summed E-state index contributed by atoms with van der Waals surface area (Å²) in [7, 11) is 0. The number of carbonyl (C=O) groups excluding carboxylic acids is 3. The Kier molecular flexibility index (Phi) is 7.84. The van der Waals surface area contributed by atoms with Gasteiger partial charge in [0.05, 0.1) is 11.5 Å². The summed E-state index contributed by atoms with van der Waals surface area (Å²) in [6.45, 7) is 1.47. The van der Waals surface area contributed by atoms with Gasteiger partial charge in [0.2, 0.25) is 5.91 Å². The molecule has 29 heavy (non-hydrogen) atoms. The molecule has 2 N–H and O–H groups in total. The second-order valence-corrected chi connectivity index (χ2v) is 6.01. The number of esters is 1. The number of nitro groups is 1. The van der Waals surface area contributed by atoms with Crippen LogP contribution in [0.5, 0.6) is 0 Å². The van der Waals surface area contributed by atoms with Gasteiger partial charge in [-0.2, -0.15) is 0 Å². The van der Waals surface area contributed by atoms with Gasteiger partial charge in [0.1, 0.15) is 18.2 Å². The van der Waals surface area contributed by atoms with E-state index in [0.717, 1.165) is 5.56 Å². The van der Waals surface area contributed by atoms with E-state index in [1.807, 2.05) is 6.07 Å². The zero-order chi connectivity index (χ0) is 21.2. The van der Waals surface area contributed by atoms with Gasteiger partial charge in [-0.1, -0.05) is 42.5 Å². The van der Waals surface area contributed by atoms with E-state index in [2.05, 4.69) is 10.6 Å². The van der Waals surface area contributed by atoms with Crippen LogP contribution in [0, 0.1) is 10.1 Å². The second-order valence-electron chi connectivity index (χ2n) is 6.01. The molecule has 2 rings (SSSR count). The number of nitro benzene ring substituents is 1. The molecule has 0 saturated heterocycles. The van der Waals surface area contributed by atoms with Crippen LogP contribution in [-0.2, 0) is 20.7 Å². The summed E-state index contributed by atoms with van der Waals surface area (Å²) >= 11 is 0. The smallest absolute Gasteiger partial charge is 0.325 e. The minimum absolute atomic E-state index is 0.141. The standard InChI is InChI=1S/C20H21N3O6/c1-2-29-18(24)13-21-20(26)16(12-14-8-4-3-5-9-14)22-19(25)15-10-6-7-11-17(15)23(27)28/h3-11,16H,2,12-13H2,1H3,(H,21,26)(H,22,25). The van der Waals surface area contributed by atoms with E-state index < -0.39 is 28.7 Å². The predicted molar refractivity (Wildman–Crippen MR) is 104 cm³/mol. The highest BCUT2D eigenvalue weighted by molar-refractivity contribution is 6.00. The Morgan fingerprint density at radius 2 is 1.72 bits per heavy atom. The Morgan fingerprint density at radius 1 is 1.07 bits per heavy atom. The average Bonchev–Trinajstić information content (AvgIpc) is 2.72. The fraction of sp³-hybridized carbons (Fsp3) is 0.250. The van der Waals surface area contributed by atoms with Crippen molar-refractivity contribution in [2.75, 3.05) is 13.2 Å². The summed E-state index contributed by atoms with van der Waals surface area (Å²) in [6.07, 6.45) is 0.141. The highest BCUT2D eigenvalue weighted by Gasteiger charge is 2.26. The van der Waals surface area contributed by atoms with Crippen molar-refractivity contribution in [2.45, 2.75) is 19.4 Å². The van der Waals surface area contributed by atoms with Gasteiger partial charge in [0.15, 0.2) is 0 Å². The Bertz CT molecular complexity index is 885. The number of benzene rings is 2. The van der Waals surface area contributed by atoms with E-state index >= 15 is 0 Å². The highest BCUT2D eigenvalue weighted by atomic mass is 16.6. The molecule has 2 amide bonds. The van der Waals surface area contributed by atoms with E-state index in [1.165, 1.54) is 24.3 Å². The summed E-state index contributed by atoms with van der Waals surface area (Å²) in [5.74, 6) is -1.97. The molecule has 2 aromatic rings. The maximum Gasteiger partial charge on any atom is 0.325 e. The lowest BCUT2D eigenvalue weighted by Gasteiger charge is -2.18. The molecule has 0 aliphatic rings. The lowest BCUT2D eigenvalue weighted by atomic mass is 10.0. The van der Waals surface area contributed by atoms with Gasteiger partial charge >= 0.3 is 5.97 Å². The van der Waals surface area contributed by atoms with Crippen molar-refractivity contribution in [1.82, 2.24) is 10.6 Å². The fourth-order valence-electron chi connectivity index (χ4n) is 2.61. The summed E-state index contributed by atoms with van der Waals surface area (Å²) < 4.78 is 4.77. The molecule has 0 fully saturated rings. The summed E-state index contributed by atoms with van der Waals surface area (Å²) in [6, 6.07) is 13.4. The van der Waals surface area contributed by atoms with Crippen molar-refractivity contribution in [1.29, 1.82) is 0 Å². The van der Waals surface area contributed by atoms with Gasteiger partial charge in [-0.3, -0.25) is 24.5 Å². The van der Waals surface area contributed by atoms with E-state index in [9.17, 15) is 24.5 Å². The Balaban J connectivity index is 2.18. The van der Waals surface area contributed by atoms with Gasteiger partial charge in [0.25, 0.3) is 11.6 Å². The van der Waals surface area contributed by atoms with Crippen LogP contribution in [0.25, 0.3) is 0 Å². The monoisotopic (exact) mass is 399 g/mol. The summed E-state index contributed by atoms with van der Waals surface area (Å²) in [4.78, 5) is 47.2. The van der Waals surface area contributed by atoms with E-state index in [4.69, 9.17) is 4.74 Å². The lowest BCUT2D eigenvalue weighted by Crippen LogP contribution is -2.49. The number of nitrogens with one attached hydrogen (secondary N) is 2. The molecule has 0 bridgehead atoms. The highest BCUT2D eigenvalue weighted by Crippen LogP contribution is 2.17. The molecule has 9 nitrogen and oxygen atoms in total. The largest absolute Gasteiger partial charge is 0.465 e. The van der Waals surface area contributed by atoms with Crippen LogP contribution < -0.4 is 10.6 Å². The third-order valence-corrected chi connectivity index (χ3v) is 3.96. The maximum absolute atomic E-state index is 12.6. The Labute approximate surface area is 167 Å². The van der Waals surface area contributed by atoms with Gasteiger partial charge < -0.3 is 15.4 Å². The number of nitrogens with zero attached hydrogens (tertiary/aromatic N) is 1. The first-order valence-electron chi connectivity index (χ1n) is 8.94. The van der Waals surface area contributed by atoms with Crippen LogP contribution in [-0.4, -0.2) is 41.9 Å². The first kappa shape index (κ1) is 21.5. The minimum Gasteiger partial charge on any atom is -0.465 e. The Morgan fingerprint density at radius 3 is 2.38 bits per heavy atom. The van der Waals surface area contributed by atoms with E-state index in [0.29, 0.717) is 0 Å². The average molecular weight is 399 g/mol. The van der Waals surface area contributed by atoms with Crippen LogP contribution in [0.3, 0.4) is 0 Å². The number of rotatable bonds is 9. The van der Waals surface area contributed by atoms with Crippen molar-refractivity contribution < 1.29 is 24.0 Å². The van der Waals surface area contributed by atoms with Crippen molar-refractivity contribution in [3.8, 4) is 0 Å². The number of hydrogen-bond acceptors (Lipinski definition) is 6. The first-order chi connectivity index (χ1) is 13.9. The molecule has 0 radical (unpaired) electrons. The molecular formula is C20H21N3O6. The van der Waals surface area contributed by atoms with Gasteiger partial charge in [-0.05, 0) is 18.6 Å². The molecule has 9 heteroatoms. The van der Waals surface area contributed by atoms with Crippen molar-refractivity contribution in [2.24, 2.45) is 0 Å². The lowest BCUT2D eigenvalue weighted by molar-refractivity contribution is -0.385. The quantitative estimate of drug-likeness (QED) is 0.375. The van der Waals surface area contributed by atoms with Gasteiger partial charge in [-0.15, -0.1) is 0 Å². The number of para-hydroxylation sites is 1. The number of hydrogen-bond donors (Lipinski definition) is 2. The molecule has 0 aliphatic carbocycles. The fourth-order valence-corrected chi connectivity index (χ4v) is 2.61. The topological polar surface area (TPSA) is 128 Å². The zero-order valence-electron chi connectivity index (χ0n) is 15.8. The Hall–Kier alpha value is -3.75. The molecule has 0 heterocycles. The normalized spacial score (nSPS) is 11.2. The second kappa shape index (κ2) is 10.5. The van der Waals surface area contributed by atoms with E-state index in [1.54, 1.807) is 31.2 Å².